The van der Waals surface area contributed by atoms with Crippen LogP contribution in [0.1, 0.15) is 12.5 Å². The number of hydrogen-bond acceptors (Lipinski definition) is 3. The molecule has 2 rings (SSSR count). The molecule has 0 aliphatic carbocycles. The molecular formula is C10H11ClN2O2. The molecule has 0 aromatic heterocycles. The second-order valence-corrected chi connectivity index (χ2v) is 4.07. The topological polar surface area (TPSA) is 52.6 Å². The van der Waals surface area contributed by atoms with Crippen LogP contribution >= 0.6 is 11.6 Å². The van der Waals surface area contributed by atoms with Gasteiger partial charge < -0.3 is 0 Å². The molecule has 1 saturated heterocycles. The van der Waals surface area contributed by atoms with Gasteiger partial charge in [0.05, 0.1) is 6.54 Å². The van der Waals surface area contributed by atoms with E-state index in [0.29, 0.717) is 5.02 Å². The van der Waals surface area contributed by atoms with Crippen molar-refractivity contribution in [1.29, 1.82) is 0 Å². The van der Waals surface area contributed by atoms with Gasteiger partial charge in [0.15, 0.2) is 0 Å². The van der Waals surface area contributed by atoms with Gasteiger partial charge in [-0.1, -0.05) is 23.7 Å². The number of benzene rings is 1. The summed E-state index contributed by atoms with van der Waals surface area (Å²) in [5.74, 6) is -0.340. The Morgan fingerprint density at radius 1 is 1.47 bits per heavy atom. The average Bonchev–Trinajstić information content (AvgIpc) is 2.48. The third-order valence-corrected chi connectivity index (χ3v) is 2.90. The molecule has 0 bridgehead atoms. The monoisotopic (exact) mass is 226 g/mol. The SMILES string of the molecule is C[C@@]1(c2ccc(Cl)cc2)NCC(=O)N1O. The standard InChI is InChI=1S/C10H11ClN2O2/c1-10(12-6-9(14)13(10)15)7-2-4-8(11)5-3-7/h2-5,12,15H,6H2,1H3/t10-/m1/s1. The Labute approximate surface area is 92.4 Å². The number of carbonyl (C=O) groups excluding carboxylic acids is 1. The van der Waals surface area contributed by atoms with Gasteiger partial charge in [-0.15, -0.1) is 0 Å². The van der Waals surface area contributed by atoms with Gasteiger partial charge in [-0.2, -0.15) is 5.06 Å². The first-order valence-corrected chi connectivity index (χ1v) is 4.95. The van der Waals surface area contributed by atoms with E-state index in [9.17, 15) is 10.0 Å². The van der Waals surface area contributed by atoms with Crippen LogP contribution in [0.5, 0.6) is 0 Å². The van der Waals surface area contributed by atoms with Crippen molar-refractivity contribution in [3.05, 3.63) is 34.9 Å². The number of nitrogens with zero attached hydrogens (tertiary/aromatic N) is 1. The number of halogens is 1. The van der Waals surface area contributed by atoms with Crippen LogP contribution in [0.25, 0.3) is 0 Å². The summed E-state index contributed by atoms with van der Waals surface area (Å²) in [7, 11) is 0. The van der Waals surface area contributed by atoms with Crippen LogP contribution < -0.4 is 5.32 Å². The fraction of sp³-hybridized carbons (Fsp3) is 0.300. The third-order valence-electron chi connectivity index (χ3n) is 2.65. The van der Waals surface area contributed by atoms with Crippen molar-refractivity contribution in [2.45, 2.75) is 12.6 Å². The predicted molar refractivity (Wildman–Crippen MR) is 55.4 cm³/mol. The van der Waals surface area contributed by atoms with Gasteiger partial charge in [0.25, 0.3) is 5.91 Å². The lowest BCUT2D eigenvalue weighted by Gasteiger charge is -2.30. The summed E-state index contributed by atoms with van der Waals surface area (Å²) in [5, 5.41) is 13.9. The summed E-state index contributed by atoms with van der Waals surface area (Å²) in [6, 6.07) is 7.00. The quantitative estimate of drug-likeness (QED) is 0.711. The van der Waals surface area contributed by atoms with Gasteiger partial charge in [-0.3, -0.25) is 15.3 Å². The molecule has 4 nitrogen and oxygen atoms in total. The molecule has 1 amide bonds. The van der Waals surface area contributed by atoms with E-state index in [2.05, 4.69) is 5.32 Å². The van der Waals surface area contributed by atoms with E-state index in [1.54, 1.807) is 31.2 Å². The molecule has 0 radical (unpaired) electrons. The molecular weight excluding hydrogens is 216 g/mol. The van der Waals surface area contributed by atoms with E-state index in [1.165, 1.54) is 0 Å². The number of nitrogens with one attached hydrogen (secondary N) is 1. The van der Waals surface area contributed by atoms with Crippen LogP contribution in [0.2, 0.25) is 5.02 Å². The van der Waals surface area contributed by atoms with Crippen LogP contribution in [0, 0.1) is 0 Å². The number of carbonyl (C=O) groups is 1. The molecule has 1 atom stereocenters. The molecule has 5 heteroatoms. The number of hydroxylamine groups is 2. The highest BCUT2D eigenvalue weighted by Crippen LogP contribution is 2.28. The van der Waals surface area contributed by atoms with E-state index < -0.39 is 5.66 Å². The minimum Gasteiger partial charge on any atom is -0.284 e. The fourth-order valence-electron chi connectivity index (χ4n) is 1.65. The van der Waals surface area contributed by atoms with Crippen molar-refractivity contribution in [1.82, 2.24) is 10.4 Å². The van der Waals surface area contributed by atoms with Crippen molar-refractivity contribution in [3.63, 3.8) is 0 Å². The van der Waals surface area contributed by atoms with Gasteiger partial charge in [-0.25, -0.2) is 0 Å². The van der Waals surface area contributed by atoms with Crippen molar-refractivity contribution < 1.29 is 10.0 Å². The second-order valence-electron chi connectivity index (χ2n) is 3.64. The Bertz CT molecular complexity index is 393. The van der Waals surface area contributed by atoms with Gasteiger partial charge in [0, 0.05) is 5.02 Å². The Balaban J connectivity index is 2.38. The summed E-state index contributed by atoms with van der Waals surface area (Å²) in [4.78, 5) is 11.2. The van der Waals surface area contributed by atoms with Gasteiger partial charge in [0.1, 0.15) is 5.66 Å². The van der Waals surface area contributed by atoms with Gasteiger partial charge >= 0.3 is 0 Å². The third kappa shape index (κ3) is 1.61. The summed E-state index contributed by atoms with van der Waals surface area (Å²) in [6.45, 7) is 1.87. The van der Waals surface area contributed by atoms with Crippen LogP contribution in [0.3, 0.4) is 0 Å². The molecule has 0 unspecified atom stereocenters. The Morgan fingerprint density at radius 2 is 2.07 bits per heavy atom. The molecule has 1 fully saturated rings. The molecule has 2 N–H and O–H groups in total. The zero-order valence-corrected chi connectivity index (χ0v) is 8.95. The molecule has 1 aliphatic rings. The fourth-order valence-corrected chi connectivity index (χ4v) is 1.77. The normalized spacial score (nSPS) is 26.1. The minimum absolute atomic E-state index is 0.135. The highest BCUT2D eigenvalue weighted by atomic mass is 35.5. The zero-order chi connectivity index (χ0) is 11.1. The van der Waals surface area contributed by atoms with Crippen molar-refractivity contribution in [2.24, 2.45) is 0 Å². The largest absolute Gasteiger partial charge is 0.284 e. The van der Waals surface area contributed by atoms with Crippen LogP contribution in [-0.2, 0) is 10.5 Å². The van der Waals surface area contributed by atoms with Gasteiger partial charge in [0.2, 0.25) is 0 Å². The molecule has 1 aliphatic heterocycles. The zero-order valence-electron chi connectivity index (χ0n) is 8.20. The molecule has 0 spiro atoms. The Kier molecular flexibility index (Phi) is 2.42. The minimum atomic E-state index is -0.859. The molecule has 1 aromatic rings. The maximum Gasteiger partial charge on any atom is 0.262 e. The average molecular weight is 227 g/mol. The first-order chi connectivity index (χ1) is 7.04. The molecule has 1 aromatic carbocycles. The first-order valence-electron chi connectivity index (χ1n) is 4.57. The maximum atomic E-state index is 11.2. The Hall–Kier alpha value is -1.10. The van der Waals surface area contributed by atoms with E-state index in [-0.39, 0.29) is 12.5 Å². The van der Waals surface area contributed by atoms with E-state index in [1.807, 2.05) is 0 Å². The maximum absolute atomic E-state index is 11.2. The molecule has 0 saturated carbocycles. The lowest BCUT2D eigenvalue weighted by atomic mass is 10.0. The van der Waals surface area contributed by atoms with Crippen molar-refractivity contribution in [2.75, 3.05) is 6.54 Å². The smallest absolute Gasteiger partial charge is 0.262 e. The van der Waals surface area contributed by atoms with Crippen LogP contribution in [0.15, 0.2) is 24.3 Å². The molecule has 1 heterocycles. The molecule has 80 valence electrons. The highest BCUT2D eigenvalue weighted by Gasteiger charge is 2.42. The van der Waals surface area contributed by atoms with Crippen LogP contribution in [0.4, 0.5) is 0 Å². The Morgan fingerprint density at radius 3 is 2.53 bits per heavy atom. The van der Waals surface area contributed by atoms with E-state index >= 15 is 0 Å². The number of rotatable bonds is 1. The van der Waals surface area contributed by atoms with Crippen molar-refractivity contribution >= 4 is 17.5 Å². The van der Waals surface area contributed by atoms with E-state index in [0.717, 1.165) is 10.6 Å². The summed E-state index contributed by atoms with van der Waals surface area (Å²) in [6.07, 6.45) is 0. The van der Waals surface area contributed by atoms with Crippen molar-refractivity contribution in [3.8, 4) is 0 Å². The van der Waals surface area contributed by atoms with E-state index in [4.69, 9.17) is 11.6 Å². The lowest BCUT2D eigenvalue weighted by molar-refractivity contribution is -0.181. The van der Waals surface area contributed by atoms with Crippen LogP contribution in [-0.4, -0.2) is 22.7 Å². The first kappa shape index (κ1) is 10.4. The molecule has 15 heavy (non-hydrogen) atoms. The highest BCUT2D eigenvalue weighted by molar-refractivity contribution is 6.30. The number of hydrogen-bond donors (Lipinski definition) is 2. The summed E-state index contributed by atoms with van der Waals surface area (Å²) in [5.41, 5.74) is -0.0676. The summed E-state index contributed by atoms with van der Waals surface area (Å²) >= 11 is 5.77. The number of amides is 1. The lowest BCUT2D eigenvalue weighted by Crippen LogP contribution is -2.45. The van der Waals surface area contributed by atoms with Gasteiger partial charge in [-0.05, 0) is 24.6 Å². The predicted octanol–water partition coefficient (Wildman–Crippen LogP) is 1.33. The summed E-state index contributed by atoms with van der Waals surface area (Å²) < 4.78 is 0. The second kappa shape index (κ2) is 3.48.